The van der Waals surface area contributed by atoms with Gasteiger partial charge in [0.15, 0.2) is 11.6 Å². The molecule has 10 nitrogen and oxygen atoms in total. The molecule has 2 amide bonds. The number of nitrogens with zero attached hydrogens (tertiary/aromatic N) is 1. The summed E-state index contributed by atoms with van der Waals surface area (Å²) in [5.41, 5.74) is -0.801. The highest BCUT2D eigenvalue weighted by Crippen LogP contribution is 2.20. The maximum absolute atomic E-state index is 14.0. The molecule has 0 heterocycles. The summed E-state index contributed by atoms with van der Waals surface area (Å²) in [5.74, 6) is -2.15. The molecular formula is C25H30FN3O7. The highest BCUT2D eigenvalue weighted by molar-refractivity contribution is 6.06. The summed E-state index contributed by atoms with van der Waals surface area (Å²) in [4.78, 5) is 40.5. The van der Waals surface area contributed by atoms with Crippen LogP contribution in [0.2, 0.25) is 0 Å². The van der Waals surface area contributed by atoms with Crippen LogP contribution in [-0.2, 0) is 16.1 Å². The molecule has 0 aliphatic carbocycles. The van der Waals surface area contributed by atoms with Gasteiger partial charge >= 0.3 is 18.2 Å². The smallest absolute Gasteiger partial charge is 0.437 e. The highest BCUT2D eigenvalue weighted by Gasteiger charge is 2.21. The largest absolute Gasteiger partial charge is 0.444 e. The zero-order valence-electron chi connectivity index (χ0n) is 21.0. The maximum atomic E-state index is 14.0. The van der Waals surface area contributed by atoms with Gasteiger partial charge in [-0.1, -0.05) is 6.07 Å². The van der Waals surface area contributed by atoms with Gasteiger partial charge in [0, 0.05) is 5.69 Å². The number of carbonyl (C=O) groups excluding carboxylic acids is 3. The molecule has 0 saturated heterocycles. The van der Waals surface area contributed by atoms with E-state index in [0.717, 1.165) is 6.07 Å². The fourth-order valence-electron chi connectivity index (χ4n) is 2.57. The predicted octanol–water partition coefficient (Wildman–Crippen LogP) is 4.76. The van der Waals surface area contributed by atoms with Crippen molar-refractivity contribution in [2.24, 2.45) is 4.99 Å². The number of aliphatic hydroxyl groups excluding tert-OH is 1. The summed E-state index contributed by atoms with van der Waals surface area (Å²) in [6, 6.07) is 9.45. The number of anilines is 1. The molecule has 0 saturated carbocycles. The van der Waals surface area contributed by atoms with Crippen LogP contribution in [0.1, 0.15) is 57.5 Å². The second kappa shape index (κ2) is 11.6. The fourth-order valence-corrected chi connectivity index (χ4v) is 2.57. The number of ether oxygens (including phenoxy) is 3. The highest BCUT2D eigenvalue weighted by atomic mass is 19.1. The van der Waals surface area contributed by atoms with Crippen molar-refractivity contribution in [1.82, 2.24) is 5.32 Å². The van der Waals surface area contributed by atoms with Crippen LogP contribution < -0.4 is 15.4 Å². The number of halogens is 1. The van der Waals surface area contributed by atoms with Gasteiger partial charge in [0.2, 0.25) is 5.96 Å². The molecule has 2 rings (SSSR count). The van der Waals surface area contributed by atoms with Crippen molar-refractivity contribution >= 4 is 29.8 Å². The number of aliphatic hydroxyl groups is 1. The molecular weight excluding hydrogens is 473 g/mol. The zero-order chi connectivity index (χ0) is 27.1. The first-order valence-electron chi connectivity index (χ1n) is 11.0. The van der Waals surface area contributed by atoms with Gasteiger partial charge in [-0.15, -0.1) is 4.99 Å². The lowest BCUT2D eigenvalue weighted by Crippen LogP contribution is -2.40. The lowest BCUT2D eigenvalue weighted by Gasteiger charge is -2.21. The fraction of sp³-hybridized carbons (Fsp3) is 0.360. The molecule has 36 heavy (non-hydrogen) atoms. The Kier molecular flexibility index (Phi) is 9.12. The summed E-state index contributed by atoms with van der Waals surface area (Å²) in [6.45, 7) is 9.68. The first kappa shape index (κ1) is 28.2. The Morgan fingerprint density at radius 3 is 2.08 bits per heavy atom. The van der Waals surface area contributed by atoms with Crippen LogP contribution in [0.5, 0.6) is 5.75 Å². The second-order valence-corrected chi connectivity index (χ2v) is 9.58. The van der Waals surface area contributed by atoms with Gasteiger partial charge in [-0.3, -0.25) is 5.32 Å². The number of hydrogen-bond acceptors (Lipinski definition) is 7. The number of esters is 1. The van der Waals surface area contributed by atoms with E-state index in [1.54, 1.807) is 41.5 Å². The van der Waals surface area contributed by atoms with Crippen molar-refractivity contribution in [1.29, 1.82) is 0 Å². The third kappa shape index (κ3) is 9.71. The molecule has 0 fully saturated rings. The van der Waals surface area contributed by atoms with Gasteiger partial charge in [0.25, 0.3) is 0 Å². The normalized spacial score (nSPS) is 11.9. The monoisotopic (exact) mass is 503 g/mol. The maximum Gasteiger partial charge on any atom is 0.437 e. The zero-order valence-corrected chi connectivity index (χ0v) is 21.0. The minimum Gasteiger partial charge on any atom is -0.444 e. The van der Waals surface area contributed by atoms with Crippen LogP contribution in [0.25, 0.3) is 0 Å². The van der Waals surface area contributed by atoms with Gasteiger partial charge in [0.1, 0.15) is 11.2 Å². The van der Waals surface area contributed by atoms with E-state index in [4.69, 9.17) is 19.3 Å². The number of aliphatic imine (C=N–C) groups is 1. The van der Waals surface area contributed by atoms with E-state index in [-0.39, 0.29) is 23.9 Å². The Hall–Kier alpha value is -3.99. The van der Waals surface area contributed by atoms with Crippen LogP contribution in [0, 0.1) is 5.82 Å². The van der Waals surface area contributed by atoms with E-state index >= 15 is 0 Å². The van der Waals surface area contributed by atoms with E-state index in [1.165, 1.54) is 36.4 Å². The van der Waals surface area contributed by atoms with Gasteiger partial charge in [0.05, 0.1) is 12.2 Å². The van der Waals surface area contributed by atoms with E-state index < -0.39 is 35.2 Å². The first-order valence-corrected chi connectivity index (χ1v) is 11.0. The van der Waals surface area contributed by atoms with Gasteiger partial charge in [-0.25, -0.2) is 18.8 Å². The molecule has 0 bridgehead atoms. The number of rotatable bonds is 4. The van der Waals surface area contributed by atoms with Gasteiger partial charge < -0.3 is 24.6 Å². The lowest BCUT2D eigenvalue weighted by molar-refractivity contribution is 0.0561. The van der Waals surface area contributed by atoms with Crippen molar-refractivity contribution in [3.05, 3.63) is 59.4 Å². The summed E-state index contributed by atoms with van der Waals surface area (Å²) >= 11 is 0. The van der Waals surface area contributed by atoms with Crippen LogP contribution in [-0.4, -0.2) is 40.4 Å². The average Bonchev–Trinajstić information content (AvgIpc) is 2.72. The second-order valence-electron chi connectivity index (χ2n) is 9.58. The lowest BCUT2D eigenvalue weighted by atomic mass is 10.2. The predicted molar refractivity (Wildman–Crippen MR) is 130 cm³/mol. The van der Waals surface area contributed by atoms with Crippen molar-refractivity contribution in [2.45, 2.75) is 59.4 Å². The van der Waals surface area contributed by atoms with E-state index in [0.29, 0.717) is 11.3 Å². The Bertz CT molecular complexity index is 1130. The summed E-state index contributed by atoms with van der Waals surface area (Å²) in [7, 11) is 0. The van der Waals surface area contributed by atoms with Crippen LogP contribution >= 0.6 is 0 Å². The Labute approximate surface area is 208 Å². The van der Waals surface area contributed by atoms with Crippen molar-refractivity contribution in [3.8, 4) is 5.75 Å². The molecule has 0 atom stereocenters. The number of alkyl carbamates (subject to hydrolysis) is 1. The van der Waals surface area contributed by atoms with Crippen LogP contribution in [0.4, 0.5) is 19.7 Å². The molecule has 11 heteroatoms. The third-order valence-corrected chi connectivity index (χ3v) is 3.98. The van der Waals surface area contributed by atoms with Gasteiger partial charge in [-0.2, -0.15) is 0 Å². The third-order valence-electron chi connectivity index (χ3n) is 3.98. The van der Waals surface area contributed by atoms with E-state index in [9.17, 15) is 18.8 Å². The minimum atomic E-state index is -0.949. The van der Waals surface area contributed by atoms with E-state index in [1.807, 2.05) is 0 Å². The Morgan fingerprint density at radius 2 is 1.56 bits per heavy atom. The molecule has 0 unspecified atom stereocenters. The van der Waals surface area contributed by atoms with E-state index in [2.05, 4.69) is 15.6 Å². The van der Waals surface area contributed by atoms with Crippen LogP contribution in [0.15, 0.2) is 47.5 Å². The summed E-state index contributed by atoms with van der Waals surface area (Å²) in [6.07, 6.45) is -1.80. The molecule has 2 aromatic rings. The number of hydrogen-bond donors (Lipinski definition) is 3. The summed E-state index contributed by atoms with van der Waals surface area (Å²) < 4.78 is 29.5. The molecule has 0 spiro atoms. The molecule has 3 N–H and O–H groups in total. The Balaban J connectivity index is 2.16. The molecule has 0 aromatic heterocycles. The quantitative estimate of drug-likeness (QED) is 0.235. The summed E-state index contributed by atoms with van der Waals surface area (Å²) in [5, 5.41) is 14.2. The molecule has 0 aliphatic rings. The van der Waals surface area contributed by atoms with Crippen molar-refractivity contribution < 1.29 is 38.1 Å². The number of benzene rings is 2. The average molecular weight is 504 g/mol. The molecule has 2 aromatic carbocycles. The molecule has 194 valence electrons. The molecule has 0 aliphatic heterocycles. The minimum absolute atomic E-state index is 0.108. The standard InChI is InChI=1S/C25H30FN3O7/c1-24(2,3)35-22(32)28-21(29-23(33)36-25(4,5)6)27-17-10-8-16(9-11-17)20(31)34-19-12-7-15(14-30)13-18(19)26/h7-13,30H,14H2,1-6H3,(H2,27,28,29,32,33). The van der Waals surface area contributed by atoms with Gasteiger partial charge in [-0.05, 0) is 83.5 Å². The molecule has 0 radical (unpaired) electrons. The number of nitrogens with one attached hydrogen (secondary N) is 2. The topological polar surface area (TPSA) is 136 Å². The number of guanidine groups is 1. The Morgan fingerprint density at radius 1 is 0.944 bits per heavy atom. The SMILES string of the molecule is CC(C)(C)OC(=O)N=C(NC(=O)OC(C)(C)C)Nc1ccc(C(=O)Oc2ccc(CO)cc2F)cc1. The number of carbonyl (C=O) groups is 3. The first-order chi connectivity index (χ1) is 16.6. The van der Waals surface area contributed by atoms with Crippen LogP contribution in [0.3, 0.4) is 0 Å². The van der Waals surface area contributed by atoms with Crippen molar-refractivity contribution in [3.63, 3.8) is 0 Å². The van der Waals surface area contributed by atoms with Crippen molar-refractivity contribution in [2.75, 3.05) is 5.32 Å². The number of amides is 2.